The van der Waals surface area contributed by atoms with Gasteiger partial charge in [-0.3, -0.25) is 4.79 Å². The monoisotopic (exact) mass is 248 g/mol. The van der Waals surface area contributed by atoms with Gasteiger partial charge in [0.15, 0.2) is 0 Å². The van der Waals surface area contributed by atoms with Crippen molar-refractivity contribution in [3.8, 4) is 5.75 Å². The van der Waals surface area contributed by atoms with Gasteiger partial charge in [0.2, 0.25) is 5.91 Å². The Balaban J connectivity index is 2.55. The predicted octanol–water partition coefficient (Wildman–Crippen LogP) is 1.60. The van der Waals surface area contributed by atoms with Crippen molar-refractivity contribution in [2.24, 2.45) is 5.73 Å². The van der Waals surface area contributed by atoms with Crippen LogP contribution in [0.3, 0.4) is 0 Å². The maximum Gasteiger partial charge on any atom is 0.221 e. The van der Waals surface area contributed by atoms with Crippen molar-refractivity contribution in [2.75, 3.05) is 6.61 Å². The third-order valence-electron chi connectivity index (χ3n) is 2.31. The molecule has 1 atom stereocenters. The van der Waals surface area contributed by atoms with Crippen LogP contribution in [0, 0.1) is 0 Å². The van der Waals surface area contributed by atoms with Crippen molar-refractivity contribution < 1.29 is 9.53 Å². The van der Waals surface area contributed by atoms with Crippen LogP contribution in [-0.2, 0) is 11.3 Å². The molecular weight excluding hydrogens is 228 g/mol. The van der Waals surface area contributed by atoms with E-state index < -0.39 is 0 Å². The molecule has 0 aliphatic rings. The van der Waals surface area contributed by atoms with Crippen LogP contribution >= 0.6 is 0 Å². The van der Waals surface area contributed by atoms with Crippen LogP contribution in [0.2, 0.25) is 0 Å². The second-order valence-corrected chi connectivity index (χ2v) is 4.17. The normalized spacial score (nSPS) is 11.7. The molecule has 0 fully saturated rings. The molecule has 0 aliphatic carbocycles. The fourth-order valence-corrected chi connectivity index (χ4v) is 1.50. The highest BCUT2D eigenvalue weighted by Crippen LogP contribution is 2.17. The molecule has 0 aromatic heterocycles. The van der Waals surface area contributed by atoms with Crippen molar-refractivity contribution in [2.45, 2.75) is 25.9 Å². The maximum absolute atomic E-state index is 11.5. The molecule has 4 heteroatoms. The number of nitrogens with two attached hydrogens (primary N) is 1. The lowest BCUT2D eigenvalue weighted by Crippen LogP contribution is -2.29. The summed E-state index contributed by atoms with van der Waals surface area (Å²) in [4.78, 5) is 11.5. The topological polar surface area (TPSA) is 64.3 Å². The summed E-state index contributed by atoms with van der Waals surface area (Å²) in [5, 5.41) is 2.82. The first-order valence-electron chi connectivity index (χ1n) is 5.97. The third kappa shape index (κ3) is 5.01. The Morgan fingerprint density at radius 2 is 2.28 bits per heavy atom. The molecule has 1 unspecified atom stereocenters. The lowest BCUT2D eigenvalue weighted by Gasteiger charge is -2.11. The number of rotatable bonds is 7. The van der Waals surface area contributed by atoms with E-state index in [2.05, 4.69) is 11.9 Å². The quantitative estimate of drug-likeness (QED) is 0.720. The van der Waals surface area contributed by atoms with Gasteiger partial charge in [-0.15, -0.1) is 0 Å². The number of para-hydroxylation sites is 1. The molecule has 98 valence electrons. The number of carbonyl (C=O) groups excluding carboxylic acids is 1. The summed E-state index contributed by atoms with van der Waals surface area (Å²) in [7, 11) is 0. The minimum atomic E-state index is -0.128. The Bertz CT molecular complexity index is 403. The smallest absolute Gasteiger partial charge is 0.221 e. The summed E-state index contributed by atoms with van der Waals surface area (Å²) in [6, 6.07) is 7.47. The van der Waals surface area contributed by atoms with Crippen LogP contribution in [0.5, 0.6) is 5.75 Å². The van der Waals surface area contributed by atoms with Gasteiger partial charge in [0.25, 0.3) is 0 Å². The maximum atomic E-state index is 11.5. The van der Waals surface area contributed by atoms with Gasteiger partial charge in [-0.25, -0.2) is 0 Å². The molecule has 0 saturated carbocycles. The molecule has 18 heavy (non-hydrogen) atoms. The molecule has 0 spiro atoms. The first-order valence-corrected chi connectivity index (χ1v) is 5.97. The van der Waals surface area contributed by atoms with Gasteiger partial charge >= 0.3 is 0 Å². The second kappa shape index (κ2) is 7.50. The molecule has 1 rings (SSSR count). The standard InChI is InChI=1S/C14H20N2O2/c1-3-8-18-13-7-5-4-6-12(13)10-16-14(17)9-11(2)15/h3-7,11H,1,8-10,15H2,2H3,(H,16,17). The fourth-order valence-electron chi connectivity index (χ4n) is 1.50. The lowest BCUT2D eigenvalue weighted by atomic mass is 10.2. The van der Waals surface area contributed by atoms with Gasteiger partial charge in [-0.2, -0.15) is 0 Å². The number of amides is 1. The number of carbonyl (C=O) groups is 1. The molecule has 0 aliphatic heterocycles. The molecule has 0 bridgehead atoms. The fraction of sp³-hybridized carbons (Fsp3) is 0.357. The van der Waals surface area contributed by atoms with E-state index in [4.69, 9.17) is 10.5 Å². The van der Waals surface area contributed by atoms with Crippen molar-refractivity contribution in [1.29, 1.82) is 0 Å². The average Bonchev–Trinajstić information content (AvgIpc) is 2.34. The number of ether oxygens (including phenoxy) is 1. The largest absolute Gasteiger partial charge is 0.489 e. The van der Waals surface area contributed by atoms with E-state index in [-0.39, 0.29) is 11.9 Å². The van der Waals surface area contributed by atoms with Crippen LogP contribution in [0.1, 0.15) is 18.9 Å². The van der Waals surface area contributed by atoms with Gasteiger partial charge < -0.3 is 15.8 Å². The van der Waals surface area contributed by atoms with Gasteiger partial charge in [0, 0.05) is 24.6 Å². The van der Waals surface area contributed by atoms with E-state index >= 15 is 0 Å². The summed E-state index contributed by atoms with van der Waals surface area (Å²) in [6.45, 7) is 6.30. The minimum Gasteiger partial charge on any atom is -0.489 e. The Hall–Kier alpha value is -1.81. The van der Waals surface area contributed by atoms with E-state index in [1.165, 1.54) is 0 Å². The van der Waals surface area contributed by atoms with Gasteiger partial charge in [0.1, 0.15) is 12.4 Å². The molecule has 0 heterocycles. The first kappa shape index (κ1) is 14.3. The number of hydrogen-bond donors (Lipinski definition) is 2. The summed E-state index contributed by atoms with van der Waals surface area (Å²) >= 11 is 0. The molecule has 3 N–H and O–H groups in total. The number of hydrogen-bond acceptors (Lipinski definition) is 3. The van der Waals surface area contributed by atoms with Gasteiger partial charge in [-0.1, -0.05) is 30.9 Å². The minimum absolute atomic E-state index is 0.0523. The zero-order valence-corrected chi connectivity index (χ0v) is 10.7. The Labute approximate surface area is 108 Å². The summed E-state index contributed by atoms with van der Waals surface area (Å²) in [6.07, 6.45) is 2.02. The van der Waals surface area contributed by atoms with E-state index in [1.807, 2.05) is 24.3 Å². The Kier molecular flexibility index (Phi) is 5.94. The zero-order chi connectivity index (χ0) is 13.4. The van der Waals surface area contributed by atoms with Gasteiger partial charge in [-0.05, 0) is 13.0 Å². The third-order valence-corrected chi connectivity index (χ3v) is 2.31. The van der Waals surface area contributed by atoms with E-state index in [1.54, 1.807) is 13.0 Å². The molecule has 4 nitrogen and oxygen atoms in total. The van der Waals surface area contributed by atoms with E-state index in [0.717, 1.165) is 11.3 Å². The highest BCUT2D eigenvalue weighted by molar-refractivity contribution is 5.76. The van der Waals surface area contributed by atoms with Crippen LogP contribution in [0.4, 0.5) is 0 Å². The number of benzene rings is 1. The van der Waals surface area contributed by atoms with Crippen LogP contribution < -0.4 is 15.8 Å². The highest BCUT2D eigenvalue weighted by Gasteiger charge is 2.07. The van der Waals surface area contributed by atoms with Crippen molar-refractivity contribution in [3.63, 3.8) is 0 Å². The second-order valence-electron chi connectivity index (χ2n) is 4.17. The number of nitrogens with one attached hydrogen (secondary N) is 1. The lowest BCUT2D eigenvalue weighted by molar-refractivity contribution is -0.121. The SMILES string of the molecule is C=CCOc1ccccc1CNC(=O)CC(C)N. The highest BCUT2D eigenvalue weighted by atomic mass is 16.5. The van der Waals surface area contributed by atoms with Crippen molar-refractivity contribution in [3.05, 3.63) is 42.5 Å². The van der Waals surface area contributed by atoms with Crippen LogP contribution in [0.15, 0.2) is 36.9 Å². The summed E-state index contributed by atoms with van der Waals surface area (Å²) < 4.78 is 5.51. The summed E-state index contributed by atoms with van der Waals surface area (Å²) in [5.74, 6) is 0.710. The summed E-state index contributed by atoms with van der Waals surface area (Å²) in [5.41, 5.74) is 6.50. The van der Waals surface area contributed by atoms with E-state index in [9.17, 15) is 4.79 Å². The van der Waals surface area contributed by atoms with Crippen molar-refractivity contribution >= 4 is 5.91 Å². The zero-order valence-electron chi connectivity index (χ0n) is 10.7. The molecule has 1 amide bonds. The Morgan fingerprint density at radius 1 is 1.56 bits per heavy atom. The van der Waals surface area contributed by atoms with Gasteiger partial charge in [0.05, 0.1) is 0 Å². The molecular formula is C14H20N2O2. The van der Waals surface area contributed by atoms with E-state index in [0.29, 0.717) is 19.6 Å². The molecule has 1 aromatic carbocycles. The van der Waals surface area contributed by atoms with Crippen LogP contribution in [-0.4, -0.2) is 18.6 Å². The molecule has 0 radical (unpaired) electrons. The molecule has 1 aromatic rings. The van der Waals surface area contributed by atoms with Crippen molar-refractivity contribution in [1.82, 2.24) is 5.32 Å². The van der Waals surface area contributed by atoms with Crippen LogP contribution in [0.25, 0.3) is 0 Å². The predicted molar refractivity (Wildman–Crippen MR) is 72.2 cm³/mol. The Morgan fingerprint density at radius 3 is 2.94 bits per heavy atom. The first-order chi connectivity index (χ1) is 8.63. The average molecular weight is 248 g/mol. The molecule has 0 saturated heterocycles.